The van der Waals surface area contributed by atoms with Gasteiger partial charge in [-0.05, 0) is 24.8 Å². The molecule has 2 unspecified atom stereocenters. The van der Waals surface area contributed by atoms with Crippen LogP contribution in [-0.4, -0.2) is 19.8 Å². The molecular weight excluding hydrogens is 393 g/mol. The van der Waals surface area contributed by atoms with E-state index in [9.17, 15) is 8.42 Å². The summed E-state index contributed by atoms with van der Waals surface area (Å²) in [6.45, 7) is 0. The van der Waals surface area contributed by atoms with Crippen molar-refractivity contribution >= 4 is 60.5 Å². The van der Waals surface area contributed by atoms with Crippen LogP contribution >= 0.6 is 50.5 Å². The Labute approximate surface area is 135 Å². The summed E-state index contributed by atoms with van der Waals surface area (Å²) in [4.78, 5) is 0.0862. The van der Waals surface area contributed by atoms with Gasteiger partial charge in [0.25, 0.3) is 0 Å². The van der Waals surface area contributed by atoms with E-state index >= 15 is 0 Å². The van der Waals surface area contributed by atoms with Gasteiger partial charge in [0.1, 0.15) is 9.23 Å². The maximum atomic E-state index is 12.3. The monoisotopic (exact) mass is 405 g/mol. The highest BCUT2D eigenvalue weighted by molar-refractivity contribution is 9.09. The van der Waals surface area contributed by atoms with Gasteiger partial charge in [-0.3, -0.25) is 0 Å². The van der Waals surface area contributed by atoms with Gasteiger partial charge in [0.2, 0.25) is 10.0 Å². The number of rotatable bonds is 4. The van der Waals surface area contributed by atoms with Crippen LogP contribution in [0.5, 0.6) is 0 Å². The molecule has 1 aliphatic rings. The summed E-state index contributed by atoms with van der Waals surface area (Å²) in [6, 6.07) is 1.37. The van der Waals surface area contributed by atoms with Gasteiger partial charge in [0.05, 0.1) is 4.34 Å². The zero-order chi connectivity index (χ0) is 14.0. The fourth-order valence-corrected chi connectivity index (χ4v) is 6.58. The Hall–Kier alpha value is 0.670. The van der Waals surface area contributed by atoms with E-state index in [2.05, 4.69) is 20.7 Å². The second kappa shape index (κ2) is 6.62. The van der Waals surface area contributed by atoms with Crippen LogP contribution in [0.4, 0.5) is 0 Å². The smallest absolute Gasteiger partial charge is 0.208 e. The van der Waals surface area contributed by atoms with Gasteiger partial charge in [-0.1, -0.05) is 52.0 Å². The molecule has 1 aromatic rings. The zero-order valence-electron chi connectivity index (χ0n) is 10.0. The summed E-state index contributed by atoms with van der Waals surface area (Å²) in [6.07, 6.45) is 4.11. The third kappa shape index (κ3) is 3.86. The molecule has 2 rings (SSSR count). The summed E-state index contributed by atoms with van der Waals surface area (Å²) in [5.74, 6) is 0.330. The van der Waals surface area contributed by atoms with Crippen molar-refractivity contribution in [2.75, 3.05) is 5.33 Å². The predicted octanol–water partition coefficient (Wildman–Crippen LogP) is 4.29. The van der Waals surface area contributed by atoms with Crippen LogP contribution in [0.3, 0.4) is 0 Å². The molecule has 19 heavy (non-hydrogen) atoms. The SMILES string of the molecule is O=S(=O)(NC1CCCCC1CBr)c1cc(Cl)sc1Cl. The number of alkyl halides is 1. The number of halogens is 3. The van der Waals surface area contributed by atoms with E-state index in [-0.39, 0.29) is 15.3 Å². The van der Waals surface area contributed by atoms with Crippen LogP contribution in [0.1, 0.15) is 25.7 Å². The van der Waals surface area contributed by atoms with E-state index in [1.54, 1.807) is 0 Å². The number of hydrogen-bond acceptors (Lipinski definition) is 3. The molecule has 0 amide bonds. The van der Waals surface area contributed by atoms with Crippen molar-refractivity contribution < 1.29 is 8.42 Å². The number of sulfonamides is 1. The van der Waals surface area contributed by atoms with Crippen molar-refractivity contribution in [1.29, 1.82) is 0 Å². The van der Waals surface area contributed by atoms with E-state index in [4.69, 9.17) is 23.2 Å². The van der Waals surface area contributed by atoms with E-state index in [1.807, 2.05) is 0 Å². The van der Waals surface area contributed by atoms with Crippen molar-refractivity contribution in [3.8, 4) is 0 Å². The van der Waals surface area contributed by atoms with Crippen molar-refractivity contribution in [2.45, 2.75) is 36.6 Å². The molecule has 0 saturated heterocycles. The van der Waals surface area contributed by atoms with Crippen molar-refractivity contribution in [1.82, 2.24) is 4.72 Å². The molecule has 8 heteroatoms. The number of thiophene rings is 1. The minimum Gasteiger partial charge on any atom is -0.208 e. The normalized spacial score (nSPS) is 24.6. The summed E-state index contributed by atoms with van der Waals surface area (Å²) in [7, 11) is -3.59. The van der Waals surface area contributed by atoms with Crippen molar-refractivity contribution in [2.24, 2.45) is 5.92 Å². The van der Waals surface area contributed by atoms with Crippen LogP contribution in [0.2, 0.25) is 8.67 Å². The van der Waals surface area contributed by atoms with E-state index in [1.165, 1.54) is 6.07 Å². The second-order valence-corrected chi connectivity index (χ2v) is 9.23. The molecule has 1 saturated carbocycles. The maximum absolute atomic E-state index is 12.3. The molecule has 0 aliphatic heterocycles. The van der Waals surface area contributed by atoms with Gasteiger partial charge >= 0.3 is 0 Å². The molecule has 0 bridgehead atoms. The lowest BCUT2D eigenvalue weighted by Crippen LogP contribution is -2.42. The average molecular weight is 407 g/mol. The Balaban J connectivity index is 2.19. The van der Waals surface area contributed by atoms with Gasteiger partial charge in [-0.2, -0.15) is 0 Å². The molecule has 0 aromatic carbocycles. The summed E-state index contributed by atoms with van der Waals surface area (Å²) in [5.41, 5.74) is 0. The average Bonchev–Trinajstić information content (AvgIpc) is 2.69. The van der Waals surface area contributed by atoms with Gasteiger partial charge in [-0.25, -0.2) is 13.1 Å². The van der Waals surface area contributed by atoms with Crippen LogP contribution in [-0.2, 0) is 10.0 Å². The Morgan fingerprint density at radius 2 is 2.05 bits per heavy atom. The third-order valence-electron chi connectivity index (χ3n) is 3.33. The fraction of sp³-hybridized carbons (Fsp3) is 0.636. The van der Waals surface area contributed by atoms with Crippen LogP contribution in [0.25, 0.3) is 0 Å². The largest absolute Gasteiger partial charge is 0.243 e. The summed E-state index contributed by atoms with van der Waals surface area (Å²) < 4.78 is 28.0. The lowest BCUT2D eigenvalue weighted by atomic mass is 9.87. The lowest BCUT2D eigenvalue weighted by molar-refractivity contribution is 0.316. The predicted molar refractivity (Wildman–Crippen MR) is 84.2 cm³/mol. The van der Waals surface area contributed by atoms with E-state index in [0.717, 1.165) is 42.4 Å². The fourth-order valence-electron chi connectivity index (χ4n) is 2.32. The highest BCUT2D eigenvalue weighted by atomic mass is 79.9. The molecule has 108 valence electrons. The quantitative estimate of drug-likeness (QED) is 0.758. The molecule has 1 fully saturated rings. The van der Waals surface area contributed by atoms with Crippen LogP contribution in [0, 0.1) is 5.92 Å². The second-order valence-electron chi connectivity index (χ2n) is 4.62. The molecule has 0 spiro atoms. The van der Waals surface area contributed by atoms with Gasteiger partial charge < -0.3 is 0 Å². The first-order chi connectivity index (χ1) is 8.94. The summed E-state index contributed by atoms with van der Waals surface area (Å²) >= 11 is 16.2. The zero-order valence-corrected chi connectivity index (χ0v) is 14.8. The molecule has 1 N–H and O–H groups in total. The molecule has 1 aliphatic carbocycles. The van der Waals surface area contributed by atoms with E-state index < -0.39 is 10.0 Å². The molecular formula is C11H14BrCl2NO2S2. The number of hydrogen-bond donors (Lipinski definition) is 1. The first kappa shape index (κ1) is 16.0. The Bertz CT molecular complexity index is 547. The molecule has 1 aromatic heterocycles. The highest BCUT2D eigenvalue weighted by Gasteiger charge is 2.30. The molecule has 1 heterocycles. The van der Waals surface area contributed by atoms with Gasteiger partial charge in [0.15, 0.2) is 0 Å². The lowest BCUT2D eigenvalue weighted by Gasteiger charge is -2.30. The Kier molecular flexibility index (Phi) is 5.59. The first-order valence-corrected chi connectivity index (χ1v) is 10.1. The Morgan fingerprint density at radius 1 is 1.37 bits per heavy atom. The summed E-state index contributed by atoms with van der Waals surface area (Å²) in [5, 5.41) is 0.804. The maximum Gasteiger partial charge on any atom is 0.243 e. The minimum absolute atomic E-state index is 0.0344. The van der Waals surface area contributed by atoms with Crippen LogP contribution < -0.4 is 4.72 Å². The van der Waals surface area contributed by atoms with Gasteiger partial charge in [-0.15, -0.1) is 11.3 Å². The highest BCUT2D eigenvalue weighted by Crippen LogP contribution is 2.35. The van der Waals surface area contributed by atoms with Crippen molar-refractivity contribution in [3.05, 3.63) is 14.7 Å². The van der Waals surface area contributed by atoms with Crippen molar-refractivity contribution in [3.63, 3.8) is 0 Å². The topological polar surface area (TPSA) is 46.2 Å². The molecule has 3 nitrogen and oxygen atoms in total. The van der Waals surface area contributed by atoms with E-state index in [0.29, 0.717) is 10.3 Å². The third-order valence-corrected chi connectivity index (χ3v) is 7.40. The molecule has 0 radical (unpaired) electrons. The number of nitrogens with one attached hydrogen (secondary N) is 1. The van der Waals surface area contributed by atoms with Gasteiger partial charge in [0, 0.05) is 11.4 Å². The minimum atomic E-state index is -3.59. The first-order valence-electron chi connectivity index (χ1n) is 5.97. The molecule has 2 atom stereocenters. The standard InChI is InChI=1S/C11H14BrCl2NO2S2/c12-6-7-3-1-2-4-8(7)15-19(16,17)9-5-10(13)18-11(9)14/h5,7-8,15H,1-4,6H2. The Morgan fingerprint density at radius 3 is 2.63 bits per heavy atom. The van der Waals surface area contributed by atoms with Crippen LogP contribution in [0.15, 0.2) is 11.0 Å².